The van der Waals surface area contributed by atoms with Gasteiger partial charge in [0.05, 0.1) is 10.6 Å². The molecule has 1 N–H and O–H groups in total. The molecule has 2 unspecified atom stereocenters. The maximum Gasteiger partial charge on any atom is 0.264 e. The molecule has 2 atom stereocenters. The van der Waals surface area contributed by atoms with E-state index < -0.39 is 34.3 Å². The number of anilines is 1. The number of nitrogens with one attached hydrogen (secondary N) is 1. The SMILES string of the molecule is CCC(C)NC(=O)C(CC)N(Cc1ccc(F)cc1)C(=O)CN(c1ccc(C)cc1)S(=O)(=O)c1ccc(SC)cc1. The Morgan fingerprint density at radius 1 is 0.927 bits per heavy atom. The number of thioether (sulfide) groups is 1. The van der Waals surface area contributed by atoms with Crippen molar-refractivity contribution in [1.29, 1.82) is 0 Å². The topological polar surface area (TPSA) is 86.8 Å². The molecule has 0 aliphatic heterocycles. The average Bonchev–Trinajstić information content (AvgIpc) is 2.97. The Kier molecular flexibility index (Phi) is 11.4. The second kappa shape index (κ2) is 14.5. The first-order valence-corrected chi connectivity index (χ1v) is 16.2. The number of amides is 2. The van der Waals surface area contributed by atoms with Crippen LogP contribution in [-0.4, -0.2) is 50.0 Å². The second-order valence-electron chi connectivity index (χ2n) is 9.91. The molecule has 41 heavy (non-hydrogen) atoms. The highest BCUT2D eigenvalue weighted by molar-refractivity contribution is 7.98. The van der Waals surface area contributed by atoms with E-state index in [1.54, 1.807) is 55.5 Å². The first kappa shape index (κ1) is 32.1. The maximum atomic E-state index is 14.1. The van der Waals surface area contributed by atoms with E-state index in [1.165, 1.54) is 40.9 Å². The number of hydrogen-bond donors (Lipinski definition) is 1. The molecule has 0 saturated heterocycles. The summed E-state index contributed by atoms with van der Waals surface area (Å²) in [5.41, 5.74) is 1.89. The summed E-state index contributed by atoms with van der Waals surface area (Å²) in [6.07, 6.45) is 2.92. The van der Waals surface area contributed by atoms with Gasteiger partial charge in [-0.15, -0.1) is 11.8 Å². The number of aryl methyl sites for hydroxylation is 1. The number of sulfonamides is 1. The Balaban J connectivity index is 2.05. The van der Waals surface area contributed by atoms with Gasteiger partial charge in [0.2, 0.25) is 11.8 Å². The number of benzene rings is 3. The molecule has 0 bridgehead atoms. The molecule has 10 heteroatoms. The van der Waals surface area contributed by atoms with E-state index in [-0.39, 0.29) is 23.4 Å². The Morgan fingerprint density at radius 2 is 1.54 bits per heavy atom. The average molecular weight is 600 g/mol. The van der Waals surface area contributed by atoms with Crippen molar-refractivity contribution >= 4 is 39.3 Å². The normalized spacial score (nSPS) is 12.8. The van der Waals surface area contributed by atoms with Crippen LogP contribution in [0.1, 0.15) is 44.7 Å². The van der Waals surface area contributed by atoms with Crippen molar-refractivity contribution in [1.82, 2.24) is 10.2 Å². The van der Waals surface area contributed by atoms with Gasteiger partial charge in [-0.3, -0.25) is 13.9 Å². The summed E-state index contributed by atoms with van der Waals surface area (Å²) in [6, 6.07) is 18.1. The molecule has 0 saturated carbocycles. The van der Waals surface area contributed by atoms with Crippen LogP contribution in [0.4, 0.5) is 10.1 Å². The molecule has 0 heterocycles. The van der Waals surface area contributed by atoms with Crippen LogP contribution >= 0.6 is 11.8 Å². The third-order valence-electron chi connectivity index (χ3n) is 6.90. The molecule has 7 nitrogen and oxygen atoms in total. The van der Waals surface area contributed by atoms with E-state index in [9.17, 15) is 22.4 Å². The maximum absolute atomic E-state index is 14.1. The molecular formula is C31H38FN3O4S2. The third kappa shape index (κ3) is 8.33. The molecule has 2 amide bonds. The molecular weight excluding hydrogens is 561 g/mol. The van der Waals surface area contributed by atoms with Crippen molar-refractivity contribution in [2.24, 2.45) is 0 Å². The zero-order chi connectivity index (χ0) is 30.2. The Labute approximate surface area is 247 Å². The fourth-order valence-electron chi connectivity index (χ4n) is 4.26. The summed E-state index contributed by atoms with van der Waals surface area (Å²) >= 11 is 1.49. The molecule has 0 spiro atoms. The minimum Gasteiger partial charge on any atom is -0.352 e. The molecule has 0 aliphatic rings. The van der Waals surface area contributed by atoms with E-state index in [0.717, 1.165) is 14.8 Å². The summed E-state index contributed by atoms with van der Waals surface area (Å²) in [5.74, 6) is -1.29. The first-order chi connectivity index (χ1) is 19.5. The highest BCUT2D eigenvalue weighted by Gasteiger charge is 2.34. The van der Waals surface area contributed by atoms with Crippen LogP contribution in [0, 0.1) is 12.7 Å². The lowest BCUT2D eigenvalue weighted by Crippen LogP contribution is -2.53. The molecule has 220 valence electrons. The number of carbonyl (C=O) groups is 2. The van der Waals surface area contributed by atoms with Crippen LogP contribution < -0.4 is 9.62 Å². The highest BCUT2D eigenvalue weighted by atomic mass is 32.2. The van der Waals surface area contributed by atoms with Gasteiger partial charge in [-0.1, -0.05) is 43.7 Å². The fraction of sp³-hybridized carbons (Fsp3) is 0.355. The van der Waals surface area contributed by atoms with Gasteiger partial charge in [0.25, 0.3) is 10.0 Å². The van der Waals surface area contributed by atoms with Gasteiger partial charge >= 0.3 is 0 Å². The Morgan fingerprint density at radius 3 is 2.07 bits per heavy atom. The number of nitrogens with zero attached hydrogens (tertiary/aromatic N) is 2. The number of hydrogen-bond acceptors (Lipinski definition) is 5. The van der Waals surface area contributed by atoms with Crippen LogP contribution in [0.25, 0.3) is 0 Å². The van der Waals surface area contributed by atoms with Crippen LogP contribution in [0.15, 0.2) is 82.6 Å². The number of carbonyl (C=O) groups excluding carboxylic acids is 2. The lowest BCUT2D eigenvalue weighted by Gasteiger charge is -2.33. The third-order valence-corrected chi connectivity index (χ3v) is 9.43. The van der Waals surface area contributed by atoms with Crippen molar-refractivity contribution in [2.75, 3.05) is 17.1 Å². The Bertz CT molecular complexity index is 1410. The van der Waals surface area contributed by atoms with Gasteiger partial charge in [-0.05, 0) is 87.0 Å². The standard InChI is InChI=1S/C31H38FN3O4S2/c1-6-23(4)33-31(37)29(7-2)34(20-24-10-12-25(32)13-11-24)30(36)21-35(26-14-8-22(3)9-15-26)41(38,39)28-18-16-27(40-5)17-19-28/h8-19,23,29H,6-7,20-21H2,1-5H3,(H,33,37). The van der Waals surface area contributed by atoms with Crippen molar-refractivity contribution in [3.63, 3.8) is 0 Å². The summed E-state index contributed by atoms with van der Waals surface area (Å²) in [4.78, 5) is 29.7. The van der Waals surface area contributed by atoms with Gasteiger partial charge in [0.1, 0.15) is 18.4 Å². The minimum atomic E-state index is -4.15. The summed E-state index contributed by atoms with van der Waals surface area (Å²) in [6.45, 7) is 7.00. The monoisotopic (exact) mass is 599 g/mol. The van der Waals surface area contributed by atoms with E-state index in [4.69, 9.17) is 0 Å². The number of rotatable bonds is 13. The van der Waals surface area contributed by atoms with Gasteiger partial charge in [0.15, 0.2) is 0 Å². The summed E-state index contributed by atoms with van der Waals surface area (Å²) in [5, 5.41) is 2.94. The minimum absolute atomic E-state index is 0.00967. The molecule has 3 aromatic carbocycles. The lowest BCUT2D eigenvalue weighted by molar-refractivity contribution is -0.140. The van der Waals surface area contributed by atoms with Crippen LogP contribution in [-0.2, 0) is 26.2 Å². The van der Waals surface area contributed by atoms with Crippen molar-refractivity contribution in [2.45, 2.75) is 69.0 Å². The molecule has 3 aromatic rings. The zero-order valence-corrected chi connectivity index (χ0v) is 25.8. The summed E-state index contributed by atoms with van der Waals surface area (Å²) < 4.78 is 42.6. The van der Waals surface area contributed by atoms with Gasteiger partial charge in [-0.2, -0.15) is 0 Å². The van der Waals surface area contributed by atoms with Gasteiger partial charge in [0, 0.05) is 17.5 Å². The first-order valence-electron chi connectivity index (χ1n) is 13.6. The van der Waals surface area contributed by atoms with Crippen molar-refractivity contribution in [3.8, 4) is 0 Å². The number of halogens is 1. The Hall–Kier alpha value is -3.37. The lowest BCUT2D eigenvalue weighted by atomic mass is 10.1. The fourth-order valence-corrected chi connectivity index (χ4v) is 6.08. The predicted molar refractivity (Wildman–Crippen MR) is 163 cm³/mol. The smallest absolute Gasteiger partial charge is 0.264 e. The van der Waals surface area contributed by atoms with Crippen LogP contribution in [0.5, 0.6) is 0 Å². The van der Waals surface area contributed by atoms with Crippen molar-refractivity contribution in [3.05, 3.63) is 89.7 Å². The largest absolute Gasteiger partial charge is 0.352 e. The molecule has 0 fully saturated rings. The van der Waals surface area contributed by atoms with Crippen LogP contribution in [0.3, 0.4) is 0 Å². The molecule has 0 aromatic heterocycles. The van der Waals surface area contributed by atoms with E-state index in [2.05, 4.69) is 5.32 Å². The molecule has 0 aliphatic carbocycles. The van der Waals surface area contributed by atoms with E-state index in [0.29, 0.717) is 24.1 Å². The van der Waals surface area contributed by atoms with E-state index >= 15 is 0 Å². The molecule has 3 rings (SSSR count). The van der Waals surface area contributed by atoms with Crippen molar-refractivity contribution < 1.29 is 22.4 Å². The second-order valence-corrected chi connectivity index (χ2v) is 12.7. The highest BCUT2D eigenvalue weighted by Crippen LogP contribution is 2.27. The van der Waals surface area contributed by atoms with Gasteiger partial charge < -0.3 is 10.2 Å². The predicted octanol–water partition coefficient (Wildman–Crippen LogP) is 5.77. The van der Waals surface area contributed by atoms with Crippen LogP contribution in [0.2, 0.25) is 0 Å². The molecule has 0 radical (unpaired) electrons. The van der Waals surface area contributed by atoms with E-state index in [1.807, 2.05) is 27.0 Å². The quantitative estimate of drug-likeness (QED) is 0.252. The summed E-state index contributed by atoms with van der Waals surface area (Å²) in [7, 11) is -4.15. The zero-order valence-electron chi connectivity index (χ0n) is 24.1. The van der Waals surface area contributed by atoms with Gasteiger partial charge in [-0.25, -0.2) is 12.8 Å².